The Morgan fingerprint density at radius 3 is 2.50 bits per heavy atom. The number of nitrogens with two attached hydrogens (primary N) is 1. The van der Waals surface area contributed by atoms with Gasteiger partial charge in [0.2, 0.25) is 11.8 Å². The highest BCUT2D eigenvalue weighted by Crippen LogP contribution is 1.83. The lowest BCUT2D eigenvalue weighted by molar-refractivity contribution is -0.120. The number of rotatable bonds is 7. The Balaban J connectivity index is 3.27. The molecule has 14 heavy (non-hydrogen) atoms. The Morgan fingerprint density at radius 1 is 1.36 bits per heavy atom. The topological polar surface area (TPSA) is 84.2 Å². The van der Waals surface area contributed by atoms with Gasteiger partial charge in [-0.25, -0.2) is 0 Å². The zero-order chi connectivity index (χ0) is 11.0. The van der Waals surface area contributed by atoms with Gasteiger partial charge >= 0.3 is 0 Å². The molecule has 0 aromatic heterocycles. The van der Waals surface area contributed by atoms with Crippen LogP contribution in [-0.4, -0.2) is 30.9 Å². The number of carbonyl (C=O) groups is 2. The van der Waals surface area contributed by atoms with Crippen molar-refractivity contribution < 1.29 is 9.59 Å². The lowest BCUT2D eigenvalue weighted by Gasteiger charge is -2.08. The molecule has 0 fully saturated rings. The number of hydrogen-bond donors (Lipinski definition) is 3. The smallest absolute Gasteiger partial charge is 0.234 e. The fourth-order valence-electron chi connectivity index (χ4n) is 0.963. The van der Waals surface area contributed by atoms with E-state index in [0.29, 0.717) is 19.4 Å². The molecule has 0 heterocycles. The summed E-state index contributed by atoms with van der Waals surface area (Å²) in [7, 11) is 0. The van der Waals surface area contributed by atoms with E-state index in [2.05, 4.69) is 10.6 Å². The molecule has 0 unspecified atom stereocenters. The van der Waals surface area contributed by atoms with Gasteiger partial charge in [0.05, 0.1) is 6.54 Å². The van der Waals surface area contributed by atoms with Crippen molar-refractivity contribution in [1.29, 1.82) is 0 Å². The minimum Gasteiger partial charge on any atom is -0.370 e. The van der Waals surface area contributed by atoms with Crippen LogP contribution in [0.25, 0.3) is 0 Å². The summed E-state index contributed by atoms with van der Waals surface area (Å²) in [5.74, 6) is -0.336. The highest BCUT2D eigenvalue weighted by Gasteiger charge is 2.01. The molecule has 0 rings (SSSR count). The Labute approximate surface area is 84.4 Å². The van der Waals surface area contributed by atoms with Crippen molar-refractivity contribution in [1.82, 2.24) is 10.6 Å². The van der Waals surface area contributed by atoms with Crippen LogP contribution in [0.15, 0.2) is 0 Å². The Morgan fingerprint density at radius 2 is 2.00 bits per heavy atom. The van der Waals surface area contributed by atoms with Crippen molar-refractivity contribution in [3.05, 3.63) is 0 Å². The van der Waals surface area contributed by atoms with Crippen molar-refractivity contribution >= 4 is 11.8 Å². The second kappa shape index (κ2) is 7.32. The summed E-state index contributed by atoms with van der Waals surface area (Å²) in [6, 6.07) is 0.162. The summed E-state index contributed by atoms with van der Waals surface area (Å²) in [6.07, 6.45) is 1.03. The molecule has 2 amide bonds. The summed E-state index contributed by atoms with van der Waals surface area (Å²) < 4.78 is 0. The molecule has 0 aromatic carbocycles. The summed E-state index contributed by atoms with van der Waals surface area (Å²) >= 11 is 0. The standard InChI is InChI=1S/C9H19N3O2/c1-7(2)12-9(14)6-11-5-3-4-8(10)13/h7,11H,3-6H2,1-2H3,(H2,10,13)(H,12,14). The summed E-state index contributed by atoms with van der Waals surface area (Å²) in [4.78, 5) is 21.4. The van der Waals surface area contributed by atoms with Gasteiger partial charge in [-0.2, -0.15) is 0 Å². The van der Waals surface area contributed by atoms with E-state index in [4.69, 9.17) is 5.73 Å². The molecule has 4 N–H and O–H groups in total. The van der Waals surface area contributed by atoms with Crippen molar-refractivity contribution in [3.8, 4) is 0 Å². The second-order valence-corrected chi connectivity index (χ2v) is 3.47. The van der Waals surface area contributed by atoms with Gasteiger partial charge in [0.15, 0.2) is 0 Å². The van der Waals surface area contributed by atoms with E-state index in [1.165, 1.54) is 0 Å². The summed E-state index contributed by atoms with van der Waals surface area (Å²) in [5.41, 5.74) is 4.95. The van der Waals surface area contributed by atoms with Crippen LogP contribution in [0.5, 0.6) is 0 Å². The average molecular weight is 201 g/mol. The van der Waals surface area contributed by atoms with Crippen LogP contribution in [0.3, 0.4) is 0 Å². The van der Waals surface area contributed by atoms with Gasteiger partial charge in [-0.1, -0.05) is 0 Å². The Bertz CT molecular complexity index is 192. The van der Waals surface area contributed by atoms with Crippen LogP contribution < -0.4 is 16.4 Å². The zero-order valence-electron chi connectivity index (χ0n) is 8.80. The molecule has 0 aliphatic rings. The number of primary amides is 1. The zero-order valence-corrected chi connectivity index (χ0v) is 8.80. The van der Waals surface area contributed by atoms with Gasteiger partial charge in [-0.05, 0) is 26.8 Å². The van der Waals surface area contributed by atoms with Gasteiger partial charge in [0.1, 0.15) is 0 Å². The van der Waals surface area contributed by atoms with Crippen molar-refractivity contribution in [2.45, 2.75) is 32.7 Å². The van der Waals surface area contributed by atoms with Crippen molar-refractivity contribution in [3.63, 3.8) is 0 Å². The number of carbonyl (C=O) groups excluding carboxylic acids is 2. The maximum Gasteiger partial charge on any atom is 0.234 e. The molecule has 0 aromatic rings. The third-order valence-corrected chi connectivity index (χ3v) is 1.51. The van der Waals surface area contributed by atoms with Gasteiger partial charge in [0, 0.05) is 12.5 Å². The van der Waals surface area contributed by atoms with Crippen molar-refractivity contribution in [2.24, 2.45) is 5.73 Å². The predicted octanol–water partition coefficient (Wildman–Crippen LogP) is -0.634. The first-order valence-electron chi connectivity index (χ1n) is 4.80. The molecular formula is C9H19N3O2. The van der Waals surface area contributed by atoms with Crippen LogP contribution in [0.1, 0.15) is 26.7 Å². The van der Waals surface area contributed by atoms with Crippen LogP contribution >= 0.6 is 0 Å². The van der Waals surface area contributed by atoms with Crippen LogP contribution in [0, 0.1) is 0 Å². The largest absolute Gasteiger partial charge is 0.370 e. The van der Waals surface area contributed by atoms with E-state index in [0.717, 1.165) is 0 Å². The first kappa shape index (κ1) is 12.9. The molecule has 82 valence electrons. The predicted molar refractivity (Wildman–Crippen MR) is 54.6 cm³/mol. The number of hydrogen-bond acceptors (Lipinski definition) is 3. The van der Waals surface area contributed by atoms with Gasteiger partial charge < -0.3 is 16.4 Å². The number of amides is 2. The average Bonchev–Trinajstić information content (AvgIpc) is 2.01. The van der Waals surface area contributed by atoms with Crippen molar-refractivity contribution in [2.75, 3.05) is 13.1 Å². The molecular weight excluding hydrogens is 182 g/mol. The maximum absolute atomic E-state index is 11.1. The van der Waals surface area contributed by atoms with Gasteiger partial charge in [0.25, 0.3) is 0 Å². The first-order valence-corrected chi connectivity index (χ1v) is 4.80. The fourth-order valence-corrected chi connectivity index (χ4v) is 0.963. The molecule has 0 spiro atoms. The third kappa shape index (κ3) is 8.99. The molecule has 0 bridgehead atoms. The molecule has 0 atom stereocenters. The minimum atomic E-state index is -0.307. The lowest BCUT2D eigenvalue weighted by atomic mass is 10.3. The molecule has 5 heteroatoms. The molecule has 5 nitrogen and oxygen atoms in total. The summed E-state index contributed by atoms with van der Waals surface area (Å²) in [6.45, 7) is 4.74. The van der Waals surface area contributed by atoms with E-state index < -0.39 is 0 Å². The quantitative estimate of drug-likeness (QED) is 0.479. The van der Waals surface area contributed by atoms with E-state index in [1.54, 1.807) is 0 Å². The monoisotopic (exact) mass is 201 g/mol. The van der Waals surface area contributed by atoms with E-state index in [9.17, 15) is 9.59 Å². The van der Waals surface area contributed by atoms with Crippen LogP contribution in [-0.2, 0) is 9.59 Å². The highest BCUT2D eigenvalue weighted by atomic mass is 16.2. The Hall–Kier alpha value is -1.10. The molecule has 0 aliphatic heterocycles. The number of nitrogens with one attached hydrogen (secondary N) is 2. The highest BCUT2D eigenvalue weighted by molar-refractivity contribution is 5.78. The second-order valence-electron chi connectivity index (χ2n) is 3.47. The Kier molecular flexibility index (Phi) is 6.74. The first-order chi connectivity index (χ1) is 6.52. The third-order valence-electron chi connectivity index (χ3n) is 1.51. The molecule has 0 saturated heterocycles. The van der Waals surface area contributed by atoms with Crippen LogP contribution in [0.4, 0.5) is 0 Å². The summed E-state index contributed by atoms with van der Waals surface area (Å²) in [5, 5.41) is 5.68. The lowest BCUT2D eigenvalue weighted by Crippen LogP contribution is -2.38. The van der Waals surface area contributed by atoms with Gasteiger partial charge in [-0.3, -0.25) is 9.59 Å². The van der Waals surface area contributed by atoms with Gasteiger partial charge in [-0.15, -0.1) is 0 Å². The van der Waals surface area contributed by atoms with E-state index in [1.807, 2.05) is 13.8 Å². The normalized spacial score (nSPS) is 10.2. The van der Waals surface area contributed by atoms with Crippen LogP contribution in [0.2, 0.25) is 0 Å². The van der Waals surface area contributed by atoms with E-state index >= 15 is 0 Å². The minimum absolute atomic E-state index is 0.0286. The SMILES string of the molecule is CC(C)NC(=O)CNCCCC(N)=O. The fraction of sp³-hybridized carbons (Fsp3) is 0.778. The maximum atomic E-state index is 11.1. The molecule has 0 aliphatic carbocycles. The molecule has 0 radical (unpaired) electrons. The van der Waals surface area contributed by atoms with E-state index in [-0.39, 0.29) is 24.4 Å². The molecule has 0 saturated carbocycles.